The van der Waals surface area contributed by atoms with Crippen LogP contribution in [-0.2, 0) is 9.53 Å². The average Bonchev–Trinajstić information content (AvgIpc) is 3.11. The van der Waals surface area contributed by atoms with Crippen molar-refractivity contribution in [2.45, 2.75) is 71.8 Å². The third kappa shape index (κ3) is 3.23. The van der Waals surface area contributed by atoms with Crippen molar-refractivity contribution in [1.82, 2.24) is 0 Å². The number of allylic oxidation sites excluding steroid dienone is 3. The molecule has 0 spiro atoms. The fraction of sp³-hybridized carbons (Fsp3) is 0.571. The van der Waals surface area contributed by atoms with Gasteiger partial charge in [0.1, 0.15) is 6.10 Å². The topological polar surface area (TPSA) is 43.4 Å². The molecule has 0 aliphatic heterocycles. The summed E-state index contributed by atoms with van der Waals surface area (Å²) in [4.78, 5) is 24.8. The van der Waals surface area contributed by atoms with Gasteiger partial charge in [-0.2, -0.15) is 0 Å². The minimum Gasteiger partial charge on any atom is -0.462 e. The smallest absolute Gasteiger partial charge is 0.302 e. The molecule has 164 valence electrons. The first-order valence-electron chi connectivity index (χ1n) is 12.0. The Hall–Kier alpha value is -2.16. The summed E-state index contributed by atoms with van der Waals surface area (Å²) in [6, 6.07) is 9.78. The van der Waals surface area contributed by atoms with Crippen molar-refractivity contribution in [2.24, 2.45) is 28.6 Å². The second-order valence-electron chi connectivity index (χ2n) is 10.7. The van der Waals surface area contributed by atoms with Gasteiger partial charge in [-0.1, -0.05) is 61.9 Å². The van der Waals surface area contributed by atoms with Gasteiger partial charge >= 0.3 is 5.97 Å². The van der Waals surface area contributed by atoms with Gasteiger partial charge in [0.15, 0.2) is 5.78 Å². The Kier molecular flexibility index (Phi) is 4.99. The standard InChI is InChI=1S/C28H34O3/c1-18(29)31-21-13-15-27(2)20(17-21)9-10-22-23-11-12-25(28(23,3)16-14-24(22)27)26(30)19-7-5-4-6-8-19/h4-9,12,21-24H,10-11,13-17H2,1-3H3/t21?,22?,23?,24?,27-,28-/m0/s1. The highest BCUT2D eigenvalue weighted by molar-refractivity contribution is 6.09. The number of esters is 1. The number of carbonyl (C=O) groups is 2. The maximum atomic E-state index is 13.4. The maximum absolute atomic E-state index is 13.4. The average molecular weight is 419 g/mol. The first-order chi connectivity index (χ1) is 14.8. The predicted octanol–water partition coefficient (Wildman–Crippen LogP) is 6.30. The molecule has 2 fully saturated rings. The van der Waals surface area contributed by atoms with Gasteiger partial charge in [0.05, 0.1) is 0 Å². The SMILES string of the molecule is CC(=O)OC1CC[C@@]2(C)C(=CCC3C2CC[C@]2(C)C(C(=O)c4ccccc4)=CCC32)C1. The number of carbonyl (C=O) groups excluding carboxylic acids is 2. The number of Topliss-reactive ketones (excluding diaryl/α,β-unsaturated/α-hetero) is 1. The van der Waals surface area contributed by atoms with E-state index in [2.05, 4.69) is 26.0 Å². The van der Waals surface area contributed by atoms with Gasteiger partial charge in [0.2, 0.25) is 0 Å². The molecule has 4 unspecified atom stereocenters. The van der Waals surface area contributed by atoms with E-state index in [1.54, 1.807) is 0 Å². The van der Waals surface area contributed by atoms with Gasteiger partial charge < -0.3 is 4.74 Å². The number of hydrogen-bond donors (Lipinski definition) is 0. The summed E-state index contributed by atoms with van der Waals surface area (Å²) in [5.41, 5.74) is 3.60. The molecule has 5 rings (SSSR count). The van der Waals surface area contributed by atoms with Crippen LogP contribution in [0.4, 0.5) is 0 Å². The number of hydrogen-bond acceptors (Lipinski definition) is 3. The van der Waals surface area contributed by atoms with Crippen LogP contribution in [0.3, 0.4) is 0 Å². The van der Waals surface area contributed by atoms with Crippen LogP contribution in [0.25, 0.3) is 0 Å². The van der Waals surface area contributed by atoms with E-state index in [4.69, 9.17) is 4.74 Å². The number of ketones is 1. The van der Waals surface area contributed by atoms with Crippen molar-refractivity contribution in [3.05, 3.63) is 59.2 Å². The molecule has 6 atom stereocenters. The molecule has 0 N–H and O–H groups in total. The van der Waals surface area contributed by atoms with Crippen molar-refractivity contribution in [3.63, 3.8) is 0 Å². The number of fused-ring (bicyclic) bond motifs is 5. The molecule has 0 heterocycles. The minimum absolute atomic E-state index is 0.00919. The van der Waals surface area contributed by atoms with E-state index in [0.29, 0.717) is 17.8 Å². The predicted molar refractivity (Wildman–Crippen MR) is 121 cm³/mol. The molecule has 0 bridgehead atoms. The first kappa shape index (κ1) is 20.7. The lowest BCUT2D eigenvalue weighted by Gasteiger charge is -2.57. The molecule has 31 heavy (non-hydrogen) atoms. The highest BCUT2D eigenvalue weighted by Gasteiger charge is 2.57. The molecule has 0 saturated heterocycles. The van der Waals surface area contributed by atoms with Crippen LogP contribution >= 0.6 is 0 Å². The number of ether oxygens (including phenoxy) is 1. The summed E-state index contributed by atoms with van der Waals surface area (Å²) in [6.07, 6.45) is 12.2. The van der Waals surface area contributed by atoms with Crippen molar-refractivity contribution in [2.75, 3.05) is 0 Å². The van der Waals surface area contributed by atoms with Crippen LogP contribution in [0.15, 0.2) is 53.6 Å². The quantitative estimate of drug-likeness (QED) is 0.329. The van der Waals surface area contributed by atoms with E-state index in [-0.39, 0.29) is 28.7 Å². The summed E-state index contributed by atoms with van der Waals surface area (Å²) < 4.78 is 5.56. The lowest BCUT2D eigenvalue weighted by Crippen LogP contribution is -2.50. The largest absolute Gasteiger partial charge is 0.462 e. The second kappa shape index (κ2) is 7.46. The van der Waals surface area contributed by atoms with E-state index in [1.165, 1.54) is 18.9 Å². The van der Waals surface area contributed by atoms with Crippen LogP contribution in [0.5, 0.6) is 0 Å². The zero-order chi connectivity index (χ0) is 21.8. The molecule has 4 aliphatic rings. The molecule has 0 aromatic heterocycles. The van der Waals surface area contributed by atoms with Crippen LogP contribution in [0, 0.1) is 28.6 Å². The highest BCUT2D eigenvalue weighted by Crippen LogP contribution is 2.65. The Morgan fingerprint density at radius 2 is 1.68 bits per heavy atom. The zero-order valence-electron chi connectivity index (χ0n) is 19.0. The zero-order valence-corrected chi connectivity index (χ0v) is 19.0. The normalized spacial score (nSPS) is 38.8. The van der Waals surface area contributed by atoms with Crippen molar-refractivity contribution < 1.29 is 14.3 Å². The molecule has 0 amide bonds. The lowest BCUT2D eigenvalue weighted by atomic mass is 9.47. The Bertz CT molecular complexity index is 958. The Morgan fingerprint density at radius 3 is 2.42 bits per heavy atom. The number of benzene rings is 1. The second-order valence-corrected chi connectivity index (χ2v) is 10.7. The molecule has 1 aromatic carbocycles. The van der Waals surface area contributed by atoms with E-state index < -0.39 is 0 Å². The summed E-state index contributed by atoms with van der Waals surface area (Å²) in [7, 11) is 0. The van der Waals surface area contributed by atoms with Crippen LogP contribution in [0.2, 0.25) is 0 Å². The fourth-order valence-corrected chi connectivity index (χ4v) is 7.63. The van der Waals surface area contributed by atoms with Gasteiger partial charge in [0.25, 0.3) is 0 Å². The van der Waals surface area contributed by atoms with Gasteiger partial charge in [-0.3, -0.25) is 9.59 Å². The molecule has 3 nitrogen and oxygen atoms in total. The Morgan fingerprint density at radius 1 is 0.935 bits per heavy atom. The van der Waals surface area contributed by atoms with E-state index >= 15 is 0 Å². The molecule has 0 radical (unpaired) electrons. The van der Waals surface area contributed by atoms with Gasteiger partial charge in [-0.15, -0.1) is 0 Å². The van der Waals surface area contributed by atoms with Gasteiger partial charge in [-0.25, -0.2) is 0 Å². The first-order valence-corrected chi connectivity index (χ1v) is 12.0. The van der Waals surface area contributed by atoms with E-state index in [1.807, 2.05) is 30.3 Å². The van der Waals surface area contributed by atoms with E-state index in [0.717, 1.165) is 49.7 Å². The van der Waals surface area contributed by atoms with E-state index in [9.17, 15) is 9.59 Å². The molecular formula is C28H34O3. The minimum atomic E-state index is -0.163. The monoisotopic (exact) mass is 418 g/mol. The van der Waals surface area contributed by atoms with Gasteiger partial charge in [-0.05, 0) is 67.1 Å². The van der Waals surface area contributed by atoms with Crippen molar-refractivity contribution >= 4 is 11.8 Å². The highest BCUT2D eigenvalue weighted by atomic mass is 16.5. The molecule has 2 saturated carbocycles. The van der Waals surface area contributed by atoms with Crippen LogP contribution in [0.1, 0.15) is 76.1 Å². The molecule has 3 heteroatoms. The maximum Gasteiger partial charge on any atom is 0.302 e. The summed E-state index contributed by atoms with van der Waals surface area (Å²) >= 11 is 0. The third-order valence-electron chi connectivity index (χ3n) is 9.25. The molecule has 1 aromatic rings. The van der Waals surface area contributed by atoms with Crippen molar-refractivity contribution in [3.8, 4) is 0 Å². The van der Waals surface area contributed by atoms with Crippen LogP contribution in [-0.4, -0.2) is 17.9 Å². The third-order valence-corrected chi connectivity index (χ3v) is 9.25. The molecular weight excluding hydrogens is 384 g/mol. The van der Waals surface area contributed by atoms with Gasteiger partial charge in [0, 0.05) is 24.5 Å². The summed E-state index contributed by atoms with van der Waals surface area (Å²) in [5, 5.41) is 0. The van der Waals surface area contributed by atoms with Crippen LogP contribution < -0.4 is 0 Å². The number of rotatable bonds is 3. The molecule has 4 aliphatic carbocycles. The van der Waals surface area contributed by atoms with Crippen molar-refractivity contribution in [1.29, 1.82) is 0 Å². The Balaban J connectivity index is 1.39. The summed E-state index contributed by atoms with van der Waals surface area (Å²) in [6.45, 7) is 6.33. The lowest BCUT2D eigenvalue weighted by molar-refractivity contribution is -0.148. The Labute approximate surface area is 185 Å². The fourth-order valence-electron chi connectivity index (χ4n) is 7.63. The summed E-state index contributed by atoms with van der Waals surface area (Å²) in [5.74, 6) is 1.92.